The van der Waals surface area contributed by atoms with Gasteiger partial charge in [0.05, 0.1) is 24.3 Å². The maximum atomic E-state index is 9.84. The van der Waals surface area contributed by atoms with Gasteiger partial charge in [-0.3, -0.25) is 0 Å². The molecule has 1 heterocycles. The lowest BCUT2D eigenvalue weighted by Gasteiger charge is -2.11. The van der Waals surface area contributed by atoms with Crippen LogP contribution in [0.3, 0.4) is 0 Å². The third-order valence-corrected chi connectivity index (χ3v) is 2.45. The molecule has 0 aliphatic rings. The summed E-state index contributed by atoms with van der Waals surface area (Å²) in [6, 6.07) is 0. The molecular weight excluding hydrogens is 176 g/mol. The molecule has 14 heavy (non-hydrogen) atoms. The van der Waals surface area contributed by atoms with Crippen molar-refractivity contribution in [1.29, 1.82) is 0 Å². The smallest absolute Gasteiger partial charge is 0.0955 e. The van der Waals surface area contributed by atoms with Crippen LogP contribution in [-0.2, 0) is 7.05 Å². The molecule has 0 aromatic carbocycles. The van der Waals surface area contributed by atoms with Gasteiger partial charge in [0.15, 0.2) is 0 Å². The van der Waals surface area contributed by atoms with Crippen LogP contribution in [0.5, 0.6) is 0 Å². The third kappa shape index (κ3) is 3.14. The Morgan fingerprint density at radius 3 is 2.64 bits per heavy atom. The largest absolute Gasteiger partial charge is 0.387 e. The lowest BCUT2D eigenvalue weighted by Crippen LogP contribution is -2.03. The number of hydrogen-bond acceptors (Lipinski definition) is 2. The average molecular weight is 196 g/mol. The second-order valence-electron chi connectivity index (χ2n) is 4.27. The molecule has 1 aromatic heterocycles. The molecule has 1 atom stereocenters. The summed E-state index contributed by atoms with van der Waals surface area (Å²) in [6.45, 7) is 4.41. The van der Waals surface area contributed by atoms with Crippen molar-refractivity contribution >= 4 is 0 Å². The monoisotopic (exact) mass is 196 g/mol. The van der Waals surface area contributed by atoms with Gasteiger partial charge in [-0.25, -0.2) is 4.98 Å². The Bertz CT molecular complexity index is 268. The van der Waals surface area contributed by atoms with Crippen LogP contribution in [0.2, 0.25) is 0 Å². The van der Waals surface area contributed by atoms with Gasteiger partial charge in [0.25, 0.3) is 0 Å². The Morgan fingerprint density at radius 2 is 2.14 bits per heavy atom. The van der Waals surface area contributed by atoms with Crippen molar-refractivity contribution in [3.05, 3.63) is 18.2 Å². The lowest BCUT2D eigenvalue weighted by atomic mass is 10.0. The number of imidazole rings is 1. The van der Waals surface area contributed by atoms with Crippen molar-refractivity contribution in [1.82, 2.24) is 9.55 Å². The molecule has 0 fully saturated rings. The van der Waals surface area contributed by atoms with E-state index in [1.165, 1.54) is 6.42 Å². The molecule has 0 spiro atoms. The number of nitrogens with zero attached hydrogens (tertiary/aromatic N) is 2. The van der Waals surface area contributed by atoms with E-state index in [1.54, 1.807) is 12.5 Å². The molecule has 0 aliphatic carbocycles. The van der Waals surface area contributed by atoms with Gasteiger partial charge in [0, 0.05) is 7.05 Å². The van der Waals surface area contributed by atoms with Crippen molar-refractivity contribution in [2.45, 2.75) is 39.2 Å². The predicted octanol–water partition coefficient (Wildman–Crippen LogP) is 2.28. The normalized spacial score (nSPS) is 13.5. The van der Waals surface area contributed by atoms with E-state index >= 15 is 0 Å². The zero-order chi connectivity index (χ0) is 10.6. The van der Waals surface area contributed by atoms with E-state index in [0.717, 1.165) is 18.5 Å². The van der Waals surface area contributed by atoms with Gasteiger partial charge in [-0.05, 0) is 12.3 Å². The molecule has 80 valence electrons. The third-order valence-electron chi connectivity index (χ3n) is 2.45. The molecule has 3 nitrogen and oxygen atoms in total. The summed E-state index contributed by atoms with van der Waals surface area (Å²) in [5, 5.41) is 9.84. The highest BCUT2D eigenvalue weighted by Crippen LogP contribution is 2.19. The zero-order valence-corrected chi connectivity index (χ0v) is 9.27. The van der Waals surface area contributed by atoms with Crippen molar-refractivity contribution in [3.63, 3.8) is 0 Å². The Balaban J connectivity index is 2.36. The summed E-state index contributed by atoms with van der Waals surface area (Å²) in [5.41, 5.74) is 0.911. The minimum atomic E-state index is -0.360. The van der Waals surface area contributed by atoms with Crippen LogP contribution in [0.25, 0.3) is 0 Å². The number of aromatic nitrogens is 2. The van der Waals surface area contributed by atoms with E-state index in [9.17, 15) is 5.11 Å². The van der Waals surface area contributed by atoms with E-state index in [4.69, 9.17) is 0 Å². The molecule has 3 heteroatoms. The first-order chi connectivity index (χ1) is 6.61. The first kappa shape index (κ1) is 11.2. The molecule has 0 amide bonds. The van der Waals surface area contributed by atoms with Gasteiger partial charge in [-0.2, -0.15) is 0 Å². The molecule has 0 saturated heterocycles. The fraction of sp³-hybridized carbons (Fsp3) is 0.727. The maximum Gasteiger partial charge on any atom is 0.0955 e. The van der Waals surface area contributed by atoms with Crippen LogP contribution in [0.1, 0.15) is 44.9 Å². The number of aryl methyl sites for hydroxylation is 1. The highest BCUT2D eigenvalue weighted by molar-refractivity contribution is 5.01. The minimum absolute atomic E-state index is 0.360. The van der Waals surface area contributed by atoms with Crippen molar-refractivity contribution < 1.29 is 5.11 Å². The fourth-order valence-electron chi connectivity index (χ4n) is 1.56. The van der Waals surface area contributed by atoms with Gasteiger partial charge >= 0.3 is 0 Å². The summed E-state index contributed by atoms with van der Waals surface area (Å²) in [7, 11) is 1.91. The first-order valence-electron chi connectivity index (χ1n) is 5.25. The van der Waals surface area contributed by atoms with Gasteiger partial charge in [0.2, 0.25) is 0 Å². The standard InChI is InChI=1S/C11H20N2O/c1-9(2)5-4-6-11(14)10-7-12-8-13(10)3/h7-9,11,14H,4-6H2,1-3H3. The van der Waals surface area contributed by atoms with Gasteiger partial charge < -0.3 is 9.67 Å². The first-order valence-corrected chi connectivity index (χ1v) is 5.25. The van der Waals surface area contributed by atoms with Crippen LogP contribution in [0.15, 0.2) is 12.5 Å². The zero-order valence-electron chi connectivity index (χ0n) is 9.27. The summed E-state index contributed by atoms with van der Waals surface area (Å²) < 4.78 is 1.88. The Hall–Kier alpha value is -0.830. The summed E-state index contributed by atoms with van der Waals surface area (Å²) >= 11 is 0. The molecule has 0 saturated carbocycles. The molecular formula is C11H20N2O. The van der Waals surface area contributed by atoms with E-state index in [-0.39, 0.29) is 6.10 Å². The topological polar surface area (TPSA) is 38.1 Å². The molecule has 1 aromatic rings. The lowest BCUT2D eigenvalue weighted by molar-refractivity contribution is 0.154. The molecule has 0 radical (unpaired) electrons. The van der Waals surface area contributed by atoms with Crippen LogP contribution in [0, 0.1) is 5.92 Å². The Kier molecular flexibility index (Phi) is 4.14. The van der Waals surface area contributed by atoms with Crippen LogP contribution in [0.4, 0.5) is 0 Å². The molecule has 1 unspecified atom stereocenters. The van der Waals surface area contributed by atoms with Crippen LogP contribution >= 0.6 is 0 Å². The number of aliphatic hydroxyl groups is 1. The predicted molar refractivity (Wildman–Crippen MR) is 56.9 cm³/mol. The van der Waals surface area contributed by atoms with Crippen molar-refractivity contribution in [3.8, 4) is 0 Å². The average Bonchev–Trinajstić information content (AvgIpc) is 2.50. The van der Waals surface area contributed by atoms with E-state index in [2.05, 4.69) is 18.8 Å². The van der Waals surface area contributed by atoms with Crippen molar-refractivity contribution in [2.24, 2.45) is 13.0 Å². The van der Waals surface area contributed by atoms with E-state index in [0.29, 0.717) is 5.92 Å². The maximum absolute atomic E-state index is 9.84. The van der Waals surface area contributed by atoms with Crippen molar-refractivity contribution in [2.75, 3.05) is 0 Å². The number of hydrogen-bond donors (Lipinski definition) is 1. The van der Waals surface area contributed by atoms with Gasteiger partial charge in [0.1, 0.15) is 0 Å². The highest BCUT2D eigenvalue weighted by atomic mass is 16.3. The Morgan fingerprint density at radius 1 is 1.43 bits per heavy atom. The van der Waals surface area contributed by atoms with Crippen LogP contribution < -0.4 is 0 Å². The quantitative estimate of drug-likeness (QED) is 0.784. The molecule has 0 aliphatic heterocycles. The summed E-state index contributed by atoms with van der Waals surface area (Å²) in [5.74, 6) is 0.716. The minimum Gasteiger partial charge on any atom is -0.387 e. The molecule has 0 bridgehead atoms. The summed E-state index contributed by atoms with van der Waals surface area (Å²) in [4.78, 5) is 3.99. The van der Waals surface area contributed by atoms with Gasteiger partial charge in [-0.1, -0.05) is 26.7 Å². The number of rotatable bonds is 5. The van der Waals surface area contributed by atoms with Gasteiger partial charge in [-0.15, -0.1) is 0 Å². The highest BCUT2D eigenvalue weighted by Gasteiger charge is 2.10. The SMILES string of the molecule is CC(C)CCCC(O)c1cncn1C. The molecule has 1 N–H and O–H groups in total. The Labute approximate surface area is 85.8 Å². The fourth-order valence-corrected chi connectivity index (χ4v) is 1.56. The number of aliphatic hydroxyl groups excluding tert-OH is 1. The molecule has 1 rings (SSSR count). The van der Waals surface area contributed by atoms with E-state index < -0.39 is 0 Å². The van der Waals surface area contributed by atoms with E-state index in [1.807, 2.05) is 11.6 Å². The second kappa shape index (κ2) is 5.15. The van der Waals surface area contributed by atoms with Crippen LogP contribution in [-0.4, -0.2) is 14.7 Å². The second-order valence-corrected chi connectivity index (χ2v) is 4.27. The summed E-state index contributed by atoms with van der Waals surface area (Å²) in [6.07, 6.45) is 6.18.